The lowest BCUT2D eigenvalue weighted by atomic mass is 9.85. The Morgan fingerprint density at radius 1 is 0.920 bits per heavy atom. The summed E-state index contributed by atoms with van der Waals surface area (Å²) in [6, 6.07) is 0. The van der Waals surface area contributed by atoms with Gasteiger partial charge in [0, 0.05) is 6.54 Å². The molecule has 140 valence electrons. The maximum absolute atomic E-state index is 12.7. The Morgan fingerprint density at radius 2 is 1.36 bits per heavy atom. The second kappa shape index (κ2) is 6.92. The second-order valence-electron chi connectivity index (χ2n) is 7.75. The first-order chi connectivity index (χ1) is 11.8. The summed E-state index contributed by atoms with van der Waals surface area (Å²) in [4.78, 5) is 37.9. The second-order valence-corrected chi connectivity index (χ2v) is 7.75. The van der Waals surface area contributed by atoms with E-state index in [2.05, 4.69) is 20.8 Å². The van der Waals surface area contributed by atoms with E-state index in [1.165, 1.54) is 4.57 Å². The van der Waals surface area contributed by atoms with Gasteiger partial charge in [-0.1, -0.05) is 27.2 Å². The molecule has 2 fully saturated rings. The van der Waals surface area contributed by atoms with Gasteiger partial charge in [0.05, 0.1) is 38.5 Å². The number of rotatable bonds is 9. The maximum atomic E-state index is 12.7. The normalized spacial score (nSPS) is 22.2. The minimum atomic E-state index is -0.564. The smallest absolute Gasteiger partial charge is 0.336 e. The van der Waals surface area contributed by atoms with Gasteiger partial charge >= 0.3 is 17.1 Å². The Labute approximate surface area is 146 Å². The van der Waals surface area contributed by atoms with E-state index in [0.717, 1.165) is 22.0 Å². The molecular weight excluding hydrogens is 326 g/mol. The SMILES string of the molecule is CCC(C)(C)CCCn1c(=O)n(CC2CO2)c(=O)n(CC2CO2)c1=O. The van der Waals surface area contributed by atoms with Crippen molar-refractivity contribution >= 4 is 0 Å². The van der Waals surface area contributed by atoms with Crippen LogP contribution in [0, 0.1) is 5.41 Å². The first kappa shape index (κ1) is 18.1. The van der Waals surface area contributed by atoms with E-state index >= 15 is 0 Å². The third-order valence-corrected chi connectivity index (χ3v) is 5.15. The molecule has 2 aliphatic rings. The van der Waals surface area contributed by atoms with E-state index in [-0.39, 0.29) is 30.7 Å². The molecule has 3 rings (SSSR count). The van der Waals surface area contributed by atoms with Gasteiger partial charge in [0.25, 0.3) is 0 Å². The largest absolute Gasteiger partial charge is 0.371 e. The van der Waals surface area contributed by atoms with Crippen LogP contribution in [0.2, 0.25) is 0 Å². The van der Waals surface area contributed by atoms with Crippen molar-refractivity contribution in [2.75, 3.05) is 13.2 Å². The minimum absolute atomic E-state index is 0.110. The summed E-state index contributed by atoms with van der Waals surface area (Å²) in [5.41, 5.74) is -1.47. The van der Waals surface area contributed by atoms with E-state index in [0.29, 0.717) is 26.2 Å². The van der Waals surface area contributed by atoms with Crippen LogP contribution in [0.25, 0.3) is 0 Å². The molecule has 0 radical (unpaired) electrons. The van der Waals surface area contributed by atoms with Crippen LogP contribution in [0.4, 0.5) is 0 Å². The summed E-state index contributed by atoms with van der Waals surface area (Å²) in [7, 11) is 0. The lowest BCUT2D eigenvalue weighted by molar-refractivity contribution is 0.295. The van der Waals surface area contributed by atoms with Crippen molar-refractivity contribution in [1.82, 2.24) is 13.7 Å². The molecule has 3 heterocycles. The highest BCUT2D eigenvalue weighted by atomic mass is 16.6. The van der Waals surface area contributed by atoms with Gasteiger partial charge in [-0.25, -0.2) is 28.1 Å². The first-order valence-corrected chi connectivity index (χ1v) is 9.00. The van der Waals surface area contributed by atoms with Crippen molar-refractivity contribution in [2.45, 2.75) is 71.9 Å². The summed E-state index contributed by atoms with van der Waals surface area (Å²) in [6.45, 7) is 8.27. The summed E-state index contributed by atoms with van der Waals surface area (Å²) in [5, 5.41) is 0. The van der Waals surface area contributed by atoms with Crippen molar-refractivity contribution in [3.63, 3.8) is 0 Å². The van der Waals surface area contributed by atoms with Gasteiger partial charge in [-0.3, -0.25) is 0 Å². The molecule has 2 saturated heterocycles. The molecule has 0 amide bonds. The summed E-state index contributed by atoms with van der Waals surface area (Å²) in [6.07, 6.45) is 2.44. The molecule has 0 bridgehead atoms. The van der Waals surface area contributed by atoms with Crippen molar-refractivity contribution < 1.29 is 9.47 Å². The molecule has 2 unspecified atom stereocenters. The van der Waals surface area contributed by atoms with Gasteiger partial charge < -0.3 is 9.47 Å². The van der Waals surface area contributed by atoms with Crippen LogP contribution in [0.5, 0.6) is 0 Å². The zero-order valence-electron chi connectivity index (χ0n) is 15.2. The molecule has 2 aliphatic heterocycles. The van der Waals surface area contributed by atoms with Crippen molar-refractivity contribution in [2.24, 2.45) is 5.41 Å². The van der Waals surface area contributed by atoms with Crippen molar-refractivity contribution in [3.8, 4) is 0 Å². The molecule has 1 aromatic heterocycles. The molecule has 0 aliphatic carbocycles. The maximum Gasteiger partial charge on any atom is 0.336 e. The molecular formula is C17H27N3O5. The van der Waals surface area contributed by atoms with Gasteiger partial charge in [0.15, 0.2) is 0 Å². The van der Waals surface area contributed by atoms with Crippen LogP contribution in [0.3, 0.4) is 0 Å². The molecule has 1 aromatic rings. The molecule has 8 nitrogen and oxygen atoms in total. The van der Waals surface area contributed by atoms with Crippen molar-refractivity contribution in [1.29, 1.82) is 0 Å². The zero-order valence-corrected chi connectivity index (χ0v) is 15.2. The van der Waals surface area contributed by atoms with Gasteiger partial charge in [-0.05, 0) is 18.3 Å². The number of nitrogens with zero attached hydrogens (tertiary/aromatic N) is 3. The Hall–Kier alpha value is -1.67. The molecule has 0 spiro atoms. The Bertz CT molecular complexity index is 744. The van der Waals surface area contributed by atoms with Gasteiger partial charge in [-0.15, -0.1) is 0 Å². The molecule has 8 heteroatoms. The molecule has 0 aromatic carbocycles. The lowest BCUT2D eigenvalue weighted by Gasteiger charge is -2.22. The third-order valence-electron chi connectivity index (χ3n) is 5.15. The standard InChI is InChI=1S/C17H27N3O5/c1-4-17(2,3)6-5-7-18-14(21)19(8-12-10-24-12)16(23)20(15(18)22)9-13-11-25-13/h12-13H,4-11H2,1-3H3. The average Bonchev–Trinajstić information content (AvgIpc) is 3.46. The van der Waals surface area contributed by atoms with Crippen LogP contribution in [0.15, 0.2) is 14.4 Å². The van der Waals surface area contributed by atoms with Crippen LogP contribution in [-0.4, -0.2) is 39.1 Å². The number of aromatic nitrogens is 3. The molecule has 0 N–H and O–H groups in total. The van der Waals surface area contributed by atoms with E-state index in [4.69, 9.17) is 9.47 Å². The number of ether oxygens (including phenoxy) is 2. The molecule has 0 saturated carbocycles. The van der Waals surface area contributed by atoms with E-state index < -0.39 is 17.1 Å². The minimum Gasteiger partial charge on any atom is -0.371 e. The highest BCUT2D eigenvalue weighted by molar-refractivity contribution is 4.84. The molecule has 2 atom stereocenters. The third kappa shape index (κ3) is 4.30. The predicted octanol–water partition coefficient (Wildman–Crippen LogP) is 0.186. The van der Waals surface area contributed by atoms with E-state index in [1.807, 2.05) is 0 Å². The van der Waals surface area contributed by atoms with Crippen LogP contribution in [-0.2, 0) is 29.1 Å². The fourth-order valence-electron chi connectivity index (χ4n) is 2.83. The topological polar surface area (TPSA) is 91.1 Å². The number of hydrogen-bond acceptors (Lipinski definition) is 5. The lowest BCUT2D eigenvalue weighted by Crippen LogP contribution is -2.55. The Balaban J connectivity index is 1.90. The number of hydrogen-bond donors (Lipinski definition) is 0. The fourth-order valence-corrected chi connectivity index (χ4v) is 2.83. The average molecular weight is 353 g/mol. The Morgan fingerprint density at radius 3 is 1.76 bits per heavy atom. The van der Waals surface area contributed by atoms with Crippen LogP contribution >= 0.6 is 0 Å². The summed E-state index contributed by atoms with van der Waals surface area (Å²) < 4.78 is 13.7. The molecule has 25 heavy (non-hydrogen) atoms. The fraction of sp³-hybridized carbons (Fsp3) is 0.824. The van der Waals surface area contributed by atoms with Gasteiger partial charge in [0.2, 0.25) is 0 Å². The Kier molecular flexibility index (Phi) is 5.02. The van der Waals surface area contributed by atoms with Crippen LogP contribution in [0.1, 0.15) is 40.0 Å². The monoisotopic (exact) mass is 353 g/mol. The zero-order chi connectivity index (χ0) is 18.2. The van der Waals surface area contributed by atoms with E-state index in [1.54, 1.807) is 0 Å². The van der Waals surface area contributed by atoms with Crippen molar-refractivity contribution in [3.05, 3.63) is 31.5 Å². The first-order valence-electron chi connectivity index (χ1n) is 9.00. The summed E-state index contributed by atoms with van der Waals surface area (Å²) >= 11 is 0. The highest BCUT2D eigenvalue weighted by Gasteiger charge is 2.29. The van der Waals surface area contributed by atoms with Crippen LogP contribution < -0.4 is 17.1 Å². The predicted molar refractivity (Wildman–Crippen MR) is 92.0 cm³/mol. The van der Waals surface area contributed by atoms with Gasteiger partial charge in [-0.2, -0.15) is 0 Å². The van der Waals surface area contributed by atoms with Gasteiger partial charge in [0.1, 0.15) is 0 Å². The highest BCUT2D eigenvalue weighted by Crippen LogP contribution is 2.25. The quantitative estimate of drug-likeness (QED) is 0.591. The number of epoxide rings is 2. The summed E-state index contributed by atoms with van der Waals surface area (Å²) in [5.74, 6) is 0. The van der Waals surface area contributed by atoms with E-state index in [9.17, 15) is 14.4 Å².